The summed E-state index contributed by atoms with van der Waals surface area (Å²) in [5, 5.41) is 38.8. The number of nitrogens with zero attached hydrogens (tertiary/aromatic N) is 1. The summed E-state index contributed by atoms with van der Waals surface area (Å²) in [7, 11) is 0. The van der Waals surface area contributed by atoms with Gasteiger partial charge < -0.3 is 29.7 Å². The fourth-order valence-corrected chi connectivity index (χ4v) is 2.97. The van der Waals surface area contributed by atoms with Gasteiger partial charge in [-0.15, -0.1) is 0 Å². The molecule has 0 aliphatic carbocycles. The van der Waals surface area contributed by atoms with Crippen molar-refractivity contribution in [3.63, 3.8) is 0 Å². The number of aliphatic hydroxyl groups excluding tert-OH is 3. The fourth-order valence-electron chi connectivity index (χ4n) is 2.80. The van der Waals surface area contributed by atoms with E-state index in [1.807, 2.05) is 0 Å². The molecular formula is C15H14ClNO7. The number of fused-ring (bicyclic) bond motifs is 1. The summed E-state index contributed by atoms with van der Waals surface area (Å²) in [6.45, 7) is -0.523. The van der Waals surface area contributed by atoms with Crippen LogP contribution in [0.4, 0.5) is 0 Å². The average Bonchev–Trinajstić information content (AvgIpc) is 2.83. The number of hydrogen-bond donors (Lipinski definition) is 4. The van der Waals surface area contributed by atoms with Crippen LogP contribution in [0.3, 0.4) is 0 Å². The number of benzene rings is 1. The Morgan fingerprint density at radius 1 is 1.29 bits per heavy atom. The number of carboxylic acids is 1. The molecule has 128 valence electrons. The van der Waals surface area contributed by atoms with E-state index in [9.17, 15) is 30.0 Å². The predicted molar refractivity (Wildman–Crippen MR) is 83.2 cm³/mol. The molecule has 0 amide bonds. The van der Waals surface area contributed by atoms with Crippen molar-refractivity contribution in [2.24, 2.45) is 0 Å². The van der Waals surface area contributed by atoms with Crippen LogP contribution in [0.25, 0.3) is 10.9 Å². The lowest BCUT2D eigenvalue weighted by atomic mass is 10.1. The van der Waals surface area contributed by atoms with E-state index in [0.29, 0.717) is 0 Å². The Hall–Kier alpha value is -1.97. The van der Waals surface area contributed by atoms with Gasteiger partial charge in [0.2, 0.25) is 5.43 Å². The van der Waals surface area contributed by atoms with E-state index in [2.05, 4.69) is 0 Å². The highest BCUT2D eigenvalue weighted by Crippen LogP contribution is 2.32. The highest BCUT2D eigenvalue weighted by Gasteiger charge is 2.43. The number of carboxylic acid groups (broad SMARTS) is 1. The molecule has 1 aromatic heterocycles. The summed E-state index contributed by atoms with van der Waals surface area (Å²) in [5.74, 6) is -1.44. The number of pyridine rings is 1. The molecule has 9 heteroatoms. The maximum atomic E-state index is 12.3. The van der Waals surface area contributed by atoms with Crippen LogP contribution in [-0.4, -0.2) is 55.9 Å². The van der Waals surface area contributed by atoms with Gasteiger partial charge in [0.25, 0.3) is 0 Å². The molecule has 2 heterocycles. The Morgan fingerprint density at radius 2 is 2.00 bits per heavy atom. The van der Waals surface area contributed by atoms with Crippen molar-refractivity contribution in [1.82, 2.24) is 4.57 Å². The largest absolute Gasteiger partial charge is 0.477 e. The zero-order chi connectivity index (χ0) is 17.6. The van der Waals surface area contributed by atoms with Gasteiger partial charge in [0.1, 0.15) is 23.9 Å². The summed E-state index contributed by atoms with van der Waals surface area (Å²) in [6.07, 6.45) is -3.92. The van der Waals surface area contributed by atoms with Gasteiger partial charge in [-0.1, -0.05) is 11.6 Å². The average molecular weight is 356 g/mol. The molecule has 24 heavy (non-hydrogen) atoms. The van der Waals surface area contributed by atoms with E-state index in [1.165, 1.54) is 22.8 Å². The standard InChI is InChI=1S/C15H14ClNO7/c16-6-1-2-9-7(3-6)11(19)8(15(22)23)4-17(9)14-13(21)12(20)10(5-18)24-14/h1-4,10,12-14,18,20-21H,5H2,(H,22,23)/t10?,12-,13-,14?/m1/s1. The molecule has 1 aromatic carbocycles. The maximum Gasteiger partial charge on any atom is 0.341 e. The second kappa shape index (κ2) is 6.15. The molecule has 4 atom stereocenters. The molecule has 2 unspecified atom stereocenters. The molecule has 0 radical (unpaired) electrons. The Balaban J connectivity index is 2.26. The molecule has 1 saturated heterocycles. The Labute approximate surface area is 140 Å². The minimum absolute atomic E-state index is 0.0418. The summed E-state index contributed by atoms with van der Waals surface area (Å²) in [5.41, 5.74) is -0.963. The monoisotopic (exact) mass is 355 g/mol. The molecule has 0 bridgehead atoms. The Bertz CT molecular complexity index is 865. The molecule has 8 nitrogen and oxygen atoms in total. The van der Waals surface area contributed by atoms with Crippen LogP contribution in [0.2, 0.25) is 5.02 Å². The lowest BCUT2D eigenvalue weighted by molar-refractivity contribution is -0.0509. The van der Waals surface area contributed by atoms with Gasteiger partial charge in [0, 0.05) is 16.6 Å². The fraction of sp³-hybridized carbons (Fsp3) is 0.333. The molecule has 0 saturated carbocycles. The maximum absolute atomic E-state index is 12.3. The third kappa shape index (κ3) is 2.58. The Morgan fingerprint density at radius 3 is 2.58 bits per heavy atom. The molecular weight excluding hydrogens is 342 g/mol. The molecule has 1 aliphatic heterocycles. The highest BCUT2D eigenvalue weighted by atomic mass is 35.5. The van der Waals surface area contributed by atoms with Crippen LogP contribution in [0.1, 0.15) is 16.6 Å². The Kier molecular flexibility index (Phi) is 4.33. The summed E-state index contributed by atoms with van der Waals surface area (Å²) >= 11 is 5.88. The van der Waals surface area contributed by atoms with Gasteiger partial charge in [-0.2, -0.15) is 0 Å². The van der Waals surface area contributed by atoms with E-state index in [1.54, 1.807) is 0 Å². The second-order valence-corrected chi connectivity index (χ2v) is 5.91. The van der Waals surface area contributed by atoms with Gasteiger partial charge >= 0.3 is 5.97 Å². The number of aromatic nitrogens is 1. The molecule has 1 aliphatic rings. The number of aromatic carboxylic acids is 1. The van der Waals surface area contributed by atoms with Gasteiger partial charge in [0.15, 0.2) is 6.23 Å². The quantitative estimate of drug-likeness (QED) is 0.608. The summed E-state index contributed by atoms with van der Waals surface area (Å²) in [4.78, 5) is 23.7. The topological polar surface area (TPSA) is 129 Å². The number of rotatable bonds is 3. The zero-order valence-electron chi connectivity index (χ0n) is 12.2. The van der Waals surface area contributed by atoms with Crippen LogP contribution in [-0.2, 0) is 4.74 Å². The zero-order valence-corrected chi connectivity index (χ0v) is 12.9. The predicted octanol–water partition coefficient (Wildman–Crippen LogP) is -0.0354. The number of carbonyl (C=O) groups is 1. The summed E-state index contributed by atoms with van der Waals surface area (Å²) < 4.78 is 6.67. The number of aliphatic hydroxyl groups is 3. The number of hydrogen-bond acceptors (Lipinski definition) is 6. The molecule has 4 N–H and O–H groups in total. The van der Waals surface area contributed by atoms with Crippen molar-refractivity contribution in [3.05, 3.63) is 45.2 Å². The van der Waals surface area contributed by atoms with Crippen LogP contribution >= 0.6 is 11.6 Å². The smallest absolute Gasteiger partial charge is 0.341 e. The highest BCUT2D eigenvalue weighted by molar-refractivity contribution is 6.31. The van der Waals surface area contributed by atoms with Crippen molar-refractivity contribution in [2.75, 3.05) is 6.61 Å². The van der Waals surface area contributed by atoms with E-state index in [4.69, 9.17) is 16.3 Å². The van der Waals surface area contributed by atoms with E-state index in [0.717, 1.165) is 6.20 Å². The van der Waals surface area contributed by atoms with Gasteiger partial charge in [-0.05, 0) is 18.2 Å². The van der Waals surface area contributed by atoms with Crippen LogP contribution in [0.5, 0.6) is 0 Å². The van der Waals surface area contributed by atoms with Gasteiger partial charge in [-0.3, -0.25) is 4.79 Å². The van der Waals surface area contributed by atoms with Crippen molar-refractivity contribution in [2.45, 2.75) is 24.5 Å². The van der Waals surface area contributed by atoms with E-state index < -0.39 is 48.1 Å². The minimum Gasteiger partial charge on any atom is -0.477 e. The van der Waals surface area contributed by atoms with E-state index >= 15 is 0 Å². The number of ether oxygens (including phenoxy) is 1. The van der Waals surface area contributed by atoms with Crippen LogP contribution in [0, 0.1) is 0 Å². The molecule has 1 fully saturated rings. The van der Waals surface area contributed by atoms with Crippen molar-refractivity contribution >= 4 is 28.5 Å². The van der Waals surface area contributed by atoms with E-state index in [-0.39, 0.29) is 15.9 Å². The van der Waals surface area contributed by atoms with Crippen molar-refractivity contribution in [3.8, 4) is 0 Å². The number of halogens is 1. The van der Waals surface area contributed by atoms with Crippen molar-refractivity contribution < 1.29 is 30.0 Å². The molecule has 3 rings (SSSR count). The SMILES string of the molecule is O=C(O)c1cn(C2OC(CO)[C@@H](O)[C@H]2O)c2ccc(Cl)cc2c1=O. The minimum atomic E-state index is -1.44. The lowest BCUT2D eigenvalue weighted by Crippen LogP contribution is -2.33. The summed E-state index contributed by atoms with van der Waals surface area (Å²) in [6, 6.07) is 4.31. The van der Waals surface area contributed by atoms with Gasteiger partial charge in [0.05, 0.1) is 12.1 Å². The van der Waals surface area contributed by atoms with Gasteiger partial charge in [-0.25, -0.2) is 4.79 Å². The van der Waals surface area contributed by atoms with Crippen LogP contribution in [0.15, 0.2) is 29.2 Å². The van der Waals surface area contributed by atoms with Crippen molar-refractivity contribution in [1.29, 1.82) is 0 Å². The first-order valence-corrected chi connectivity index (χ1v) is 7.43. The molecule has 2 aromatic rings. The third-order valence-electron chi connectivity index (χ3n) is 4.02. The van der Waals surface area contributed by atoms with Crippen LogP contribution < -0.4 is 5.43 Å². The first-order chi connectivity index (χ1) is 11.3. The second-order valence-electron chi connectivity index (χ2n) is 5.47. The molecule has 0 spiro atoms. The first-order valence-electron chi connectivity index (χ1n) is 7.05. The first kappa shape index (κ1) is 16.9. The third-order valence-corrected chi connectivity index (χ3v) is 4.25. The normalized spacial score (nSPS) is 26.8. The lowest BCUT2D eigenvalue weighted by Gasteiger charge is -2.21.